The van der Waals surface area contributed by atoms with Gasteiger partial charge in [-0.15, -0.1) is 0 Å². The highest BCUT2D eigenvalue weighted by molar-refractivity contribution is 7.21. The Kier molecular flexibility index (Phi) is 9.93. The third-order valence-corrected chi connectivity index (χ3v) is 7.59. The number of hydrogen-bond acceptors (Lipinski definition) is 7. The van der Waals surface area contributed by atoms with Crippen LogP contribution < -0.4 is 21.3 Å². The van der Waals surface area contributed by atoms with Crippen molar-refractivity contribution in [3.63, 3.8) is 0 Å². The molecule has 0 fully saturated rings. The van der Waals surface area contributed by atoms with Gasteiger partial charge in [-0.25, -0.2) is 18.4 Å². The molecule has 0 radical (unpaired) electrons. The number of carbonyl (C=O) groups excluding carboxylic acids is 1. The number of aliphatic hydroxyl groups excluding tert-OH is 1. The van der Waals surface area contributed by atoms with Crippen molar-refractivity contribution in [3.05, 3.63) is 74.4 Å². The Bertz CT molecular complexity index is 1640. The average Bonchev–Trinajstić information content (AvgIpc) is 3.51. The number of nitrogens with one attached hydrogen (secondary N) is 1. The second-order valence-corrected chi connectivity index (χ2v) is 11.7. The predicted molar refractivity (Wildman–Crippen MR) is 161 cm³/mol. The molecule has 1 amide bonds. The third kappa shape index (κ3) is 6.76. The number of rotatable bonds is 8. The van der Waals surface area contributed by atoms with Gasteiger partial charge in [0, 0.05) is 38.1 Å². The number of aromatic nitrogens is 4. The van der Waals surface area contributed by atoms with Crippen molar-refractivity contribution in [2.45, 2.75) is 79.1 Å². The van der Waals surface area contributed by atoms with Gasteiger partial charge in [0.25, 0.3) is 5.56 Å². The number of halogens is 1. The number of ether oxygens (including phenoxy) is 1. The Morgan fingerprint density at radius 1 is 1.24 bits per heavy atom. The number of nitrogens with zero attached hydrogens (tertiary/aromatic N) is 4. The number of fused-ring (bicyclic) bond motifs is 1. The quantitative estimate of drug-likeness (QED) is 0.321. The summed E-state index contributed by atoms with van der Waals surface area (Å²) in [6.45, 7) is 12.1. The molecule has 12 heteroatoms. The van der Waals surface area contributed by atoms with Gasteiger partial charge in [-0.05, 0) is 84.7 Å². The van der Waals surface area contributed by atoms with E-state index in [1.807, 2.05) is 13.8 Å². The maximum atomic E-state index is 14.0. The lowest BCUT2D eigenvalue weighted by molar-refractivity contribution is -0.129. The number of methoxy groups -OCH3 is 1. The summed E-state index contributed by atoms with van der Waals surface area (Å²) in [5.41, 5.74) is -1.40. The van der Waals surface area contributed by atoms with E-state index in [2.05, 4.69) is 10.4 Å². The fourth-order valence-electron chi connectivity index (χ4n) is 4.35. The van der Waals surface area contributed by atoms with E-state index in [0.717, 1.165) is 4.57 Å². The zero-order valence-corrected chi connectivity index (χ0v) is 25.5. The molecular weight excluding hydrogens is 549 g/mol. The summed E-state index contributed by atoms with van der Waals surface area (Å²) in [6.07, 6.45) is 3.49. The molecule has 0 spiro atoms. The maximum absolute atomic E-state index is 14.0. The lowest BCUT2D eigenvalue weighted by Crippen LogP contribution is -2.56. The van der Waals surface area contributed by atoms with Gasteiger partial charge in [0.1, 0.15) is 26.9 Å². The molecule has 3 aromatic heterocycles. The summed E-state index contributed by atoms with van der Waals surface area (Å²) in [4.78, 5) is 41.3. The summed E-state index contributed by atoms with van der Waals surface area (Å²) in [7, 11) is 1.50. The summed E-state index contributed by atoms with van der Waals surface area (Å²) in [5.74, 6) is -0.368. The molecular formula is C29H40FN5O5S. The van der Waals surface area contributed by atoms with Crippen molar-refractivity contribution < 1.29 is 20.5 Å². The van der Waals surface area contributed by atoms with Crippen molar-refractivity contribution in [3.8, 4) is 10.8 Å². The van der Waals surface area contributed by atoms with Crippen LogP contribution in [0.2, 0.25) is 0 Å². The van der Waals surface area contributed by atoms with Crippen LogP contribution in [0.15, 0.2) is 46.2 Å². The van der Waals surface area contributed by atoms with E-state index in [9.17, 15) is 18.8 Å². The second-order valence-electron chi connectivity index (χ2n) is 10.7. The molecule has 0 bridgehead atoms. The minimum absolute atomic E-state index is 0. The molecule has 4 aromatic rings. The third-order valence-electron chi connectivity index (χ3n) is 6.28. The fraction of sp³-hybridized carbons (Fsp3) is 0.448. The Labute approximate surface area is 243 Å². The van der Waals surface area contributed by atoms with Crippen molar-refractivity contribution in [1.82, 2.24) is 24.2 Å². The molecule has 0 aliphatic heterocycles. The van der Waals surface area contributed by atoms with E-state index in [1.165, 1.54) is 41.2 Å². The summed E-state index contributed by atoms with van der Waals surface area (Å²) < 4.78 is 23.5. The van der Waals surface area contributed by atoms with Crippen LogP contribution >= 0.6 is 11.3 Å². The first-order valence-corrected chi connectivity index (χ1v) is 14.1. The largest absolute Gasteiger partial charge is 0.496 e. The Morgan fingerprint density at radius 2 is 1.90 bits per heavy atom. The zero-order chi connectivity index (χ0) is 30.6. The standard InChI is InChI=1S/C26H30FN5O4S.C3H8O.H2/c1-15(2)29-24(34)26(4,5)32-21(33)20-16(3)22(31-12-7-11-28-31)37-23(20)30(25(32)35)13-10-17-14-18(27)8-9-19(17)36-6;1-3(2)4;/h7-9,11-12,14-15H,10,13H2,1-6H3,(H,29,34);3-4H,1-2H3;1H. The van der Waals surface area contributed by atoms with Crippen molar-refractivity contribution in [2.75, 3.05) is 7.11 Å². The van der Waals surface area contributed by atoms with Gasteiger partial charge >= 0.3 is 5.69 Å². The van der Waals surface area contributed by atoms with Crippen LogP contribution in [0.3, 0.4) is 0 Å². The molecule has 0 saturated heterocycles. The SMILES string of the molecule is CC(C)O.COc1ccc(F)cc1CCn1c(=O)n(C(C)(C)C(=O)NC(C)C)c(=O)c2c(C)c(-n3cccn3)sc21.[HH]. The molecule has 0 unspecified atom stereocenters. The molecule has 3 heterocycles. The Morgan fingerprint density at radius 3 is 2.46 bits per heavy atom. The molecule has 0 atom stereocenters. The first kappa shape index (κ1) is 31.8. The number of amides is 1. The molecule has 4 rings (SSSR count). The molecule has 41 heavy (non-hydrogen) atoms. The highest BCUT2D eigenvalue weighted by Gasteiger charge is 2.35. The maximum Gasteiger partial charge on any atom is 0.333 e. The normalized spacial score (nSPS) is 11.6. The van der Waals surface area contributed by atoms with E-state index < -0.39 is 28.5 Å². The number of aryl methyl sites for hydroxylation is 3. The summed E-state index contributed by atoms with van der Waals surface area (Å²) in [6, 6.07) is 5.80. The summed E-state index contributed by atoms with van der Waals surface area (Å²) in [5, 5.41) is 16.2. The molecule has 10 nitrogen and oxygen atoms in total. The van der Waals surface area contributed by atoms with E-state index in [-0.39, 0.29) is 26.5 Å². The monoisotopic (exact) mass is 589 g/mol. The smallest absolute Gasteiger partial charge is 0.333 e. The lowest BCUT2D eigenvalue weighted by Gasteiger charge is -2.27. The zero-order valence-electron chi connectivity index (χ0n) is 24.7. The topological polar surface area (TPSA) is 120 Å². The second kappa shape index (κ2) is 12.8. The average molecular weight is 590 g/mol. The van der Waals surface area contributed by atoms with Crippen molar-refractivity contribution >= 4 is 27.5 Å². The fourth-order valence-corrected chi connectivity index (χ4v) is 5.61. The summed E-state index contributed by atoms with van der Waals surface area (Å²) >= 11 is 1.27. The van der Waals surface area contributed by atoms with Gasteiger partial charge in [0.15, 0.2) is 0 Å². The van der Waals surface area contributed by atoms with Crippen LogP contribution in [-0.2, 0) is 23.3 Å². The van der Waals surface area contributed by atoms with Gasteiger partial charge in [-0.3, -0.25) is 14.2 Å². The minimum Gasteiger partial charge on any atom is -0.496 e. The molecule has 1 aromatic carbocycles. The molecule has 0 saturated carbocycles. The van der Waals surface area contributed by atoms with Crippen molar-refractivity contribution in [2.24, 2.45) is 0 Å². The van der Waals surface area contributed by atoms with E-state index in [4.69, 9.17) is 9.84 Å². The van der Waals surface area contributed by atoms with Gasteiger partial charge < -0.3 is 15.2 Å². The van der Waals surface area contributed by atoms with Crippen molar-refractivity contribution in [1.29, 1.82) is 0 Å². The van der Waals surface area contributed by atoms with Gasteiger partial charge in [-0.2, -0.15) is 5.10 Å². The number of benzene rings is 1. The van der Waals surface area contributed by atoms with Crippen LogP contribution in [0.5, 0.6) is 5.75 Å². The molecule has 0 aliphatic carbocycles. The van der Waals surface area contributed by atoms with Gasteiger partial charge in [0.2, 0.25) is 5.91 Å². The Hall–Kier alpha value is -3.77. The van der Waals surface area contributed by atoms with Crippen LogP contribution in [0.25, 0.3) is 15.2 Å². The number of hydrogen-bond donors (Lipinski definition) is 2. The number of thiophene rings is 1. The van der Waals surface area contributed by atoms with E-state index in [1.54, 1.807) is 57.8 Å². The molecule has 2 N–H and O–H groups in total. The predicted octanol–water partition coefficient (Wildman–Crippen LogP) is 4.00. The van der Waals surface area contributed by atoms with Gasteiger partial charge in [0.05, 0.1) is 12.5 Å². The molecule has 0 aliphatic rings. The number of carbonyl (C=O) groups is 1. The highest BCUT2D eigenvalue weighted by Crippen LogP contribution is 2.31. The van der Waals surface area contributed by atoms with Crippen LogP contribution in [0.1, 0.15) is 54.1 Å². The lowest BCUT2D eigenvalue weighted by atomic mass is 10.0. The van der Waals surface area contributed by atoms with Crippen LogP contribution in [0.4, 0.5) is 4.39 Å². The van der Waals surface area contributed by atoms with Gasteiger partial charge in [-0.1, -0.05) is 11.3 Å². The first-order chi connectivity index (χ1) is 19.2. The molecule has 224 valence electrons. The minimum atomic E-state index is -1.47. The van der Waals surface area contributed by atoms with E-state index in [0.29, 0.717) is 32.1 Å². The van der Waals surface area contributed by atoms with Crippen LogP contribution in [-0.4, -0.2) is 49.2 Å². The van der Waals surface area contributed by atoms with E-state index >= 15 is 0 Å². The number of aliphatic hydroxyl groups is 1. The first-order valence-electron chi connectivity index (χ1n) is 13.3. The van der Waals surface area contributed by atoms with Crippen LogP contribution in [0, 0.1) is 12.7 Å². The Balaban J connectivity index is 0.00000116. The highest BCUT2D eigenvalue weighted by atomic mass is 32.1.